The van der Waals surface area contributed by atoms with Crippen molar-refractivity contribution in [3.63, 3.8) is 0 Å². The lowest BCUT2D eigenvalue weighted by molar-refractivity contribution is -0.154. The molecule has 0 aromatic heterocycles. The van der Waals surface area contributed by atoms with Crippen molar-refractivity contribution in [1.29, 1.82) is 0 Å². The maximum atomic E-state index is 11.3. The van der Waals surface area contributed by atoms with Gasteiger partial charge in [-0.1, -0.05) is 56.9 Å². The molecule has 0 saturated heterocycles. The molecule has 0 atom stereocenters. The van der Waals surface area contributed by atoms with E-state index < -0.39 is 11.4 Å². The van der Waals surface area contributed by atoms with Crippen LogP contribution < -0.4 is 0 Å². The summed E-state index contributed by atoms with van der Waals surface area (Å²) in [5.41, 5.74) is -0.853. The van der Waals surface area contributed by atoms with E-state index in [2.05, 4.69) is 6.92 Å². The number of carboxylic acid groups (broad SMARTS) is 1. The van der Waals surface area contributed by atoms with Crippen LogP contribution in [0.1, 0.15) is 104 Å². The van der Waals surface area contributed by atoms with Crippen molar-refractivity contribution in [3.8, 4) is 0 Å². The molecule has 0 amide bonds. The Morgan fingerprint density at radius 3 is 1.42 bits per heavy atom. The first-order valence-corrected chi connectivity index (χ1v) is 7.45. The number of ether oxygens (including phenoxy) is 1. The van der Waals surface area contributed by atoms with Gasteiger partial charge in [0.05, 0.1) is 17.4 Å². The number of hydrogen-bond acceptors (Lipinski definition) is 3. The van der Waals surface area contributed by atoms with Gasteiger partial charge in [-0.2, -0.15) is 0 Å². The number of unbranched alkanes of at least 4 members (excludes halogenated alkanes) is 1. The Morgan fingerprint density at radius 1 is 0.833 bits per heavy atom. The van der Waals surface area contributed by atoms with E-state index in [-0.39, 0.29) is 41.1 Å². The van der Waals surface area contributed by atoms with Crippen LogP contribution in [-0.4, -0.2) is 23.7 Å². The maximum Gasteiger partial charge on any atom is 0.311 e. The fourth-order valence-corrected chi connectivity index (χ4v) is 0.800. The van der Waals surface area contributed by atoms with Crippen LogP contribution in [0.3, 0.4) is 0 Å². The molecular weight excluding hydrogens is 304 g/mol. The third kappa shape index (κ3) is 17.3. The number of esters is 1. The van der Waals surface area contributed by atoms with Gasteiger partial charge in [0.1, 0.15) is 0 Å². The summed E-state index contributed by atoms with van der Waals surface area (Å²) in [5.74, 6) is -0.793. The molecule has 4 nitrogen and oxygen atoms in total. The van der Waals surface area contributed by atoms with Gasteiger partial charge in [0.2, 0.25) is 0 Å². The molecule has 0 aliphatic heterocycles. The zero-order valence-electron chi connectivity index (χ0n) is 14.2. The van der Waals surface area contributed by atoms with Crippen molar-refractivity contribution in [2.45, 2.75) is 104 Å². The third-order valence-electron chi connectivity index (χ3n) is 3.63. The average molecular weight is 353 g/mol. The van der Waals surface area contributed by atoms with E-state index in [9.17, 15) is 9.59 Å². The minimum atomic E-state index is -0.722. The highest BCUT2D eigenvalue weighted by molar-refractivity contribution is 5.75. The lowest BCUT2D eigenvalue weighted by Gasteiger charge is -2.19. The summed E-state index contributed by atoms with van der Waals surface area (Å²) in [6, 6.07) is 0. The normalized spacial score (nSPS) is 9.46. The molecule has 1 N–H and O–H groups in total. The van der Waals surface area contributed by atoms with Crippen LogP contribution in [0.5, 0.6) is 0 Å². The Hall–Kier alpha value is -1.06. The van der Waals surface area contributed by atoms with Gasteiger partial charge in [-0.25, -0.2) is 0 Å². The van der Waals surface area contributed by atoms with Crippen molar-refractivity contribution in [1.82, 2.24) is 0 Å². The van der Waals surface area contributed by atoms with Crippen molar-refractivity contribution >= 4 is 11.9 Å². The highest BCUT2D eigenvalue weighted by Gasteiger charge is 2.26. The predicted molar refractivity (Wildman–Crippen MR) is 109 cm³/mol. The van der Waals surface area contributed by atoms with Crippen molar-refractivity contribution in [2.24, 2.45) is 10.8 Å². The highest BCUT2D eigenvalue weighted by Crippen LogP contribution is 2.21. The van der Waals surface area contributed by atoms with Crippen LogP contribution in [0, 0.1) is 10.8 Å². The van der Waals surface area contributed by atoms with Gasteiger partial charge < -0.3 is 9.84 Å². The van der Waals surface area contributed by atoms with E-state index in [1.807, 2.05) is 27.7 Å². The fourth-order valence-electron chi connectivity index (χ4n) is 0.800. The summed E-state index contributed by atoms with van der Waals surface area (Å²) in [6.07, 6.45) is 3.55. The van der Waals surface area contributed by atoms with E-state index in [1.54, 1.807) is 13.8 Å². The van der Waals surface area contributed by atoms with Crippen molar-refractivity contribution in [2.75, 3.05) is 6.61 Å². The standard InChI is InChI=1S/C10H20O2.C6H12O2.4CH4/c1-5-7-8-12-9(11)10(3,4)6-2;1-4-6(2,3)5(7)8;;;;/h5-8H2,1-4H3;4H2,1-3H3,(H,7,8);4*1H4. The molecule has 0 unspecified atom stereocenters. The minimum absolute atomic E-state index is 0. The maximum absolute atomic E-state index is 11.3. The Labute approximate surface area is 153 Å². The summed E-state index contributed by atoms with van der Waals surface area (Å²) < 4.78 is 5.10. The summed E-state index contributed by atoms with van der Waals surface area (Å²) in [6.45, 7) is 13.8. The SMILES string of the molecule is C.C.C.C.CCC(C)(C)C(=O)O.CCCCOC(=O)C(C)(C)CC. The highest BCUT2D eigenvalue weighted by atomic mass is 16.5. The smallest absolute Gasteiger partial charge is 0.311 e. The molecule has 0 aliphatic carbocycles. The number of aliphatic carboxylic acids is 1. The van der Waals surface area contributed by atoms with Gasteiger partial charge >= 0.3 is 11.9 Å². The second kappa shape index (κ2) is 18.3. The number of carboxylic acids is 1. The van der Waals surface area contributed by atoms with Gasteiger partial charge in [0, 0.05) is 0 Å². The second-order valence-corrected chi connectivity index (χ2v) is 6.27. The topological polar surface area (TPSA) is 63.6 Å². The lowest BCUT2D eigenvalue weighted by Crippen LogP contribution is -2.26. The minimum Gasteiger partial charge on any atom is -0.481 e. The Balaban J connectivity index is -0.0000000609. The molecule has 0 heterocycles. The van der Waals surface area contributed by atoms with Gasteiger partial charge in [-0.15, -0.1) is 0 Å². The van der Waals surface area contributed by atoms with Crippen molar-refractivity contribution in [3.05, 3.63) is 0 Å². The van der Waals surface area contributed by atoms with Gasteiger partial charge in [0.15, 0.2) is 0 Å². The fraction of sp³-hybridized carbons (Fsp3) is 0.900. The molecule has 4 heteroatoms. The van der Waals surface area contributed by atoms with E-state index in [0.717, 1.165) is 19.3 Å². The third-order valence-corrected chi connectivity index (χ3v) is 3.63. The Bertz CT molecular complexity index is 294. The second-order valence-electron chi connectivity index (χ2n) is 6.27. The van der Waals surface area contributed by atoms with E-state index in [4.69, 9.17) is 9.84 Å². The first kappa shape index (κ1) is 38.5. The number of carbonyl (C=O) groups excluding carboxylic acids is 1. The molecule has 0 spiro atoms. The zero-order valence-corrected chi connectivity index (χ0v) is 14.2. The van der Waals surface area contributed by atoms with Gasteiger partial charge in [0.25, 0.3) is 0 Å². The number of carbonyl (C=O) groups is 2. The molecule has 152 valence electrons. The summed E-state index contributed by atoms with van der Waals surface area (Å²) in [7, 11) is 0. The first-order valence-electron chi connectivity index (χ1n) is 7.45. The first-order chi connectivity index (χ1) is 9.05. The molecule has 0 aromatic rings. The molecule has 0 saturated carbocycles. The molecule has 0 aromatic carbocycles. The van der Waals surface area contributed by atoms with Crippen LogP contribution in [0.2, 0.25) is 0 Å². The Kier molecular flexibility index (Phi) is 29.3. The summed E-state index contributed by atoms with van der Waals surface area (Å²) >= 11 is 0. The number of rotatable bonds is 7. The monoisotopic (exact) mass is 352 g/mol. The number of hydrogen-bond donors (Lipinski definition) is 1. The predicted octanol–water partition coefficient (Wildman–Crippen LogP) is 6.82. The molecule has 0 rings (SSSR count). The molecule has 24 heavy (non-hydrogen) atoms. The van der Waals surface area contributed by atoms with Crippen LogP contribution in [-0.2, 0) is 14.3 Å². The van der Waals surface area contributed by atoms with Crippen LogP contribution in [0.15, 0.2) is 0 Å². The van der Waals surface area contributed by atoms with Gasteiger partial charge in [-0.05, 0) is 47.0 Å². The van der Waals surface area contributed by atoms with Crippen LogP contribution in [0.25, 0.3) is 0 Å². The van der Waals surface area contributed by atoms with E-state index in [1.165, 1.54) is 0 Å². The van der Waals surface area contributed by atoms with Crippen LogP contribution >= 0.6 is 0 Å². The van der Waals surface area contributed by atoms with E-state index >= 15 is 0 Å². The van der Waals surface area contributed by atoms with Gasteiger partial charge in [-0.3, -0.25) is 9.59 Å². The zero-order chi connectivity index (χ0) is 16.4. The summed E-state index contributed by atoms with van der Waals surface area (Å²) in [5, 5.41) is 8.44. The molecule has 0 radical (unpaired) electrons. The molecule has 0 fully saturated rings. The average Bonchev–Trinajstić information content (AvgIpc) is 2.39. The Morgan fingerprint density at radius 2 is 1.21 bits per heavy atom. The van der Waals surface area contributed by atoms with E-state index in [0.29, 0.717) is 13.0 Å². The lowest BCUT2D eigenvalue weighted by atomic mass is 9.91. The summed E-state index contributed by atoms with van der Waals surface area (Å²) in [4.78, 5) is 21.6. The quantitative estimate of drug-likeness (QED) is 0.403. The largest absolute Gasteiger partial charge is 0.481 e. The van der Waals surface area contributed by atoms with Crippen LogP contribution in [0.4, 0.5) is 0 Å². The van der Waals surface area contributed by atoms with Crippen molar-refractivity contribution < 1.29 is 19.4 Å². The molecule has 0 aliphatic rings. The molecule has 0 bridgehead atoms. The molecular formula is C20H48O4.